The van der Waals surface area contributed by atoms with Crippen molar-refractivity contribution in [3.63, 3.8) is 0 Å². The van der Waals surface area contributed by atoms with Gasteiger partial charge in [0.05, 0.1) is 19.1 Å². The van der Waals surface area contributed by atoms with Gasteiger partial charge < -0.3 is 9.30 Å². The molecule has 2 aromatic carbocycles. The van der Waals surface area contributed by atoms with Crippen molar-refractivity contribution in [2.75, 3.05) is 7.11 Å². The van der Waals surface area contributed by atoms with Crippen LogP contribution in [0.1, 0.15) is 18.4 Å². The van der Waals surface area contributed by atoms with Gasteiger partial charge in [0.1, 0.15) is 5.75 Å². The molecule has 0 bridgehead atoms. The number of ether oxygens (including phenoxy) is 1. The van der Waals surface area contributed by atoms with Gasteiger partial charge in [-0.05, 0) is 36.5 Å². The molecule has 30 heavy (non-hydrogen) atoms. The number of aromatic nitrogens is 4. The highest BCUT2D eigenvalue weighted by molar-refractivity contribution is 5.72. The van der Waals surface area contributed by atoms with Crippen molar-refractivity contribution >= 4 is 11.2 Å². The van der Waals surface area contributed by atoms with E-state index in [1.165, 1.54) is 9.13 Å². The van der Waals surface area contributed by atoms with Crippen molar-refractivity contribution in [1.29, 1.82) is 0 Å². The van der Waals surface area contributed by atoms with Crippen LogP contribution in [-0.4, -0.2) is 25.8 Å². The highest BCUT2D eigenvalue weighted by atomic mass is 16.5. The standard InChI is InChI=1S/C23H22N4O3/c1-30-19-9-5-8-18(12-19)27-21-20(22(28)26(23(27)29)14-17-10-11-17)25(15-24-21)13-16-6-3-2-4-7-16/h2-9,12,15,17H,10-11,13-14H2,1H3. The van der Waals surface area contributed by atoms with Crippen LogP contribution in [0.2, 0.25) is 0 Å². The fourth-order valence-corrected chi connectivity index (χ4v) is 3.78. The maximum absolute atomic E-state index is 13.4. The number of nitrogens with zero attached hydrogens (tertiary/aromatic N) is 4. The molecular weight excluding hydrogens is 380 g/mol. The Kier molecular flexibility index (Phi) is 4.50. The Bertz CT molecular complexity index is 1330. The number of hydrogen-bond donors (Lipinski definition) is 0. The lowest BCUT2D eigenvalue weighted by Crippen LogP contribution is -2.40. The summed E-state index contributed by atoms with van der Waals surface area (Å²) in [7, 11) is 1.58. The fourth-order valence-electron chi connectivity index (χ4n) is 3.78. The smallest absolute Gasteiger partial charge is 0.337 e. The largest absolute Gasteiger partial charge is 0.497 e. The van der Waals surface area contributed by atoms with Gasteiger partial charge in [0, 0.05) is 19.2 Å². The number of imidazole rings is 1. The van der Waals surface area contributed by atoms with Crippen molar-refractivity contribution in [1.82, 2.24) is 18.7 Å². The van der Waals surface area contributed by atoms with E-state index < -0.39 is 0 Å². The Hall–Kier alpha value is -3.61. The summed E-state index contributed by atoms with van der Waals surface area (Å²) in [6, 6.07) is 17.1. The van der Waals surface area contributed by atoms with E-state index in [0.717, 1.165) is 18.4 Å². The zero-order valence-corrected chi connectivity index (χ0v) is 16.7. The van der Waals surface area contributed by atoms with E-state index in [1.54, 1.807) is 19.5 Å². The van der Waals surface area contributed by atoms with E-state index in [9.17, 15) is 9.59 Å². The van der Waals surface area contributed by atoms with E-state index in [1.807, 2.05) is 53.1 Å². The lowest BCUT2D eigenvalue weighted by Gasteiger charge is -2.13. The summed E-state index contributed by atoms with van der Waals surface area (Å²) in [6.45, 7) is 0.945. The van der Waals surface area contributed by atoms with Crippen LogP contribution < -0.4 is 16.0 Å². The van der Waals surface area contributed by atoms with E-state index in [0.29, 0.717) is 41.6 Å². The van der Waals surface area contributed by atoms with Gasteiger partial charge in [-0.15, -0.1) is 0 Å². The van der Waals surface area contributed by atoms with Gasteiger partial charge in [0.2, 0.25) is 0 Å². The summed E-state index contributed by atoms with van der Waals surface area (Å²) in [5.74, 6) is 1.02. The van der Waals surface area contributed by atoms with Crippen LogP contribution in [-0.2, 0) is 13.1 Å². The Labute approximate surface area is 172 Å². The average molecular weight is 402 g/mol. The van der Waals surface area contributed by atoms with Gasteiger partial charge in [-0.2, -0.15) is 0 Å². The van der Waals surface area contributed by atoms with Crippen LogP contribution >= 0.6 is 0 Å². The van der Waals surface area contributed by atoms with Crippen LogP contribution in [0.4, 0.5) is 0 Å². The molecule has 0 N–H and O–H groups in total. The van der Waals surface area contributed by atoms with Crippen molar-refractivity contribution < 1.29 is 4.74 Å². The van der Waals surface area contributed by atoms with Crippen LogP contribution in [0.15, 0.2) is 70.5 Å². The zero-order chi connectivity index (χ0) is 20.7. The molecule has 5 rings (SSSR count). The molecule has 152 valence electrons. The van der Waals surface area contributed by atoms with Gasteiger partial charge in [-0.3, -0.25) is 9.36 Å². The molecule has 0 spiro atoms. The van der Waals surface area contributed by atoms with E-state index in [-0.39, 0.29) is 11.2 Å². The second-order valence-electron chi connectivity index (χ2n) is 7.71. The van der Waals surface area contributed by atoms with Gasteiger partial charge in [-0.25, -0.2) is 14.3 Å². The minimum atomic E-state index is -0.363. The zero-order valence-electron chi connectivity index (χ0n) is 16.7. The Morgan fingerprint density at radius 3 is 2.60 bits per heavy atom. The maximum Gasteiger partial charge on any atom is 0.337 e. The van der Waals surface area contributed by atoms with Gasteiger partial charge in [0.25, 0.3) is 5.56 Å². The highest BCUT2D eigenvalue weighted by Crippen LogP contribution is 2.30. The first-order chi connectivity index (χ1) is 14.7. The molecule has 0 aliphatic heterocycles. The molecule has 7 nitrogen and oxygen atoms in total. The number of benzene rings is 2. The highest BCUT2D eigenvalue weighted by Gasteiger charge is 2.26. The van der Waals surface area contributed by atoms with Crippen LogP contribution in [0.25, 0.3) is 16.9 Å². The van der Waals surface area contributed by atoms with Crippen molar-refractivity contribution in [2.45, 2.75) is 25.9 Å². The molecule has 7 heteroatoms. The molecule has 2 heterocycles. The minimum Gasteiger partial charge on any atom is -0.497 e. The maximum atomic E-state index is 13.4. The van der Waals surface area contributed by atoms with E-state index >= 15 is 0 Å². The quantitative estimate of drug-likeness (QED) is 0.497. The molecule has 4 aromatic rings. The van der Waals surface area contributed by atoms with Crippen molar-refractivity contribution in [2.24, 2.45) is 5.92 Å². The minimum absolute atomic E-state index is 0.283. The predicted molar refractivity (Wildman–Crippen MR) is 114 cm³/mol. The molecule has 1 saturated carbocycles. The summed E-state index contributed by atoms with van der Waals surface area (Å²) in [6.07, 6.45) is 3.73. The molecule has 0 saturated heterocycles. The van der Waals surface area contributed by atoms with Crippen LogP contribution in [0.3, 0.4) is 0 Å². The second-order valence-corrected chi connectivity index (χ2v) is 7.71. The monoisotopic (exact) mass is 402 g/mol. The third-order valence-corrected chi connectivity index (χ3v) is 5.55. The summed E-state index contributed by atoms with van der Waals surface area (Å²) in [4.78, 5) is 31.2. The second kappa shape index (κ2) is 7.33. The molecular formula is C23H22N4O3. The molecule has 0 radical (unpaired) electrons. The predicted octanol–water partition coefficient (Wildman–Crippen LogP) is 2.82. The number of methoxy groups -OCH3 is 1. The Morgan fingerprint density at radius 1 is 1.07 bits per heavy atom. The molecule has 1 aliphatic carbocycles. The van der Waals surface area contributed by atoms with Crippen molar-refractivity contribution in [3.8, 4) is 11.4 Å². The third kappa shape index (κ3) is 3.22. The molecule has 0 atom stereocenters. The fraction of sp³-hybridized carbons (Fsp3) is 0.261. The molecule has 0 amide bonds. The molecule has 1 aliphatic rings. The Balaban J connectivity index is 1.76. The van der Waals surface area contributed by atoms with E-state index in [4.69, 9.17) is 4.74 Å². The molecule has 1 fully saturated rings. The van der Waals surface area contributed by atoms with Crippen LogP contribution in [0, 0.1) is 5.92 Å². The van der Waals surface area contributed by atoms with Crippen LogP contribution in [0.5, 0.6) is 5.75 Å². The van der Waals surface area contributed by atoms with E-state index in [2.05, 4.69) is 4.98 Å². The summed E-state index contributed by atoms with van der Waals surface area (Å²) >= 11 is 0. The lowest BCUT2D eigenvalue weighted by molar-refractivity contribution is 0.414. The van der Waals surface area contributed by atoms with Crippen molar-refractivity contribution in [3.05, 3.63) is 87.3 Å². The Morgan fingerprint density at radius 2 is 1.87 bits per heavy atom. The first-order valence-electron chi connectivity index (χ1n) is 10.0. The topological polar surface area (TPSA) is 71.1 Å². The molecule has 2 aromatic heterocycles. The lowest BCUT2D eigenvalue weighted by atomic mass is 10.2. The normalized spacial score (nSPS) is 13.6. The number of rotatable bonds is 6. The first kappa shape index (κ1) is 18.4. The first-order valence-corrected chi connectivity index (χ1v) is 10.0. The average Bonchev–Trinajstić information content (AvgIpc) is 3.51. The van der Waals surface area contributed by atoms with Gasteiger partial charge in [0.15, 0.2) is 11.2 Å². The van der Waals surface area contributed by atoms with Gasteiger partial charge >= 0.3 is 5.69 Å². The van der Waals surface area contributed by atoms with Gasteiger partial charge in [-0.1, -0.05) is 36.4 Å². The number of fused-ring (bicyclic) bond motifs is 1. The SMILES string of the molecule is COc1cccc(-n2c(=O)n(CC3CC3)c(=O)c3c2ncn3Cc2ccccc2)c1. The summed E-state index contributed by atoms with van der Waals surface area (Å²) in [5, 5.41) is 0. The third-order valence-electron chi connectivity index (χ3n) is 5.55. The molecule has 0 unspecified atom stereocenters. The summed E-state index contributed by atoms with van der Waals surface area (Å²) < 4.78 is 10.0. The number of hydrogen-bond acceptors (Lipinski definition) is 4. The summed E-state index contributed by atoms with van der Waals surface area (Å²) in [5.41, 5.74) is 1.83.